The largest absolute Gasteiger partial charge is 0.391 e. The molecule has 0 amide bonds. The number of rotatable bonds is 9. The van der Waals surface area contributed by atoms with Crippen LogP contribution in [0.2, 0.25) is 0 Å². The van der Waals surface area contributed by atoms with Gasteiger partial charge in [-0.25, -0.2) is 0 Å². The van der Waals surface area contributed by atoms with Gasteiger partial charge in [-0.05, 0) is 6.42 Å². The molecule has 0 aliphatic carbocycles. The first-order valence-electron chi connectivity index (χ1n) is 5.06. The monoisotopic (exact) mass is 190 g/mol. The zero-order chi connectivity index (χ0) is 9.94. The molecule has 0 bridgehead atoms. The lowest BCUT2D eigenvalue weighted by atomic mass is 10.1. The topological polar surface area (TPSA) is 38.7 Å². The number of unbranched alkanes of at least 4 members (excludes halogenated alkanes) is 2. The highest BCUT2D eigenvalue weighted by Crippen LogP contribution is 2.03. The average Bonchev–Trinajstić information content (AvgIpc) is 2.13. The summed E-state index contributed by atoms with van der Waals surface area (Å²) in [4.78, 5) is 0. The van der Waals surface area contributed by atoms with Crippen LogP contribution in [0.1, 0.15) is 32.6 Å². The standard InChI is InChI=1S/C10H22O3/c1-3-4-5-6-10(11)9-13-8-7-12-2/h10-11H,3-9H2,1-2H3. The van der Waals surface area contributed by atoms with Gasteiger partial charge < -0.3 is 14.6 Å². The molecule has 0 aliphatic rings. The van der Waals surface area contributed by atoms with Crippen LogP contribution in [0.4, 0.5) is 0 Å². The first-order chi connectivity index (χ1) is 6.31. The molecule has 0 aromatic carbocycles. The van der Waals surface area contributed by atoms with Crippen molar-refractivity contribution >= 4 is 0 Å². The maximum Gasteiger partial charge on any atom is 0.0773 e. The summed E-state index contributed by atoms with van der Waals surface area (Å²) in [5.74, 6) is 0. The van der Waals surface area contributed by atoms with Crippen molar-refractivity contribution in [1.82, 2.24) is 0 Å². The SMILES string of the molecule is CCCCCC(O)COCCOC. The van der Waals surface area contributed by atoms with Crippen LogP contribution < -0.4 is 0 Å². The Morgan fingerprint density at radius 2 is 2.00 bits per heavy atom. The fourth-order valence-electron chi connectivity index (χ4n) is 1.07. The molecule has 0 heterocycles. The van der Waals surface area contributed by atoms with Crippen molar-refractivity contribution in [3.8, 4) is 0 Å². The highest BCUT2D eigenvalue weighted by Gasteiger charge is 2.02. The second kappa shape index (κ2) is 9.96. The second-order valence-electron chi connectivity index (χ2n) is 3.22. The van der Waals surface area contributed by atoms with E-state index in [9.17, 15) is 5.11 Å². The molecule has 0 aliphatic heterocycles. The van der Waals surface area contributed by atoms with Gasteiger partial charge in [0.05, 0.1) is 25.9 Å². The van der Waals surface area contributed by atoms with Crippen molar-refractivity contribution in [1.29, 1.82) is 0 Å². The lowest BCUT2D eigenvalue weighted by molar-refractivity contribution is 0.00959. The molecule has 3 nitrogen and oxygen atoms in total. The molecular weight excluding hydrogens is 168 g/mol. The minimum atomic E-state index is -0.302. The molecule has 1 atom stereocenters. The van der Waals surface area contributed by atoms with Gasteiger partial charge in [-0.15, -0.1) is 0 Å². The van der Waals surface area contributed by atoms with Gasteiger partial charge in [0, 0.05) is 7.11 Å². The Bertz CT molecular complexity index is 96.2. The number of aliphatic hydroxyl groups is 1. The summed E-state index contributed by atoms with van der Waals surface area (Å²) < 4.78 is 10.0. The summed E-state index contributed by atoms with van der Waals surface area (Å²) in [5, 5.41) is 9.41. The third-order valence-electron chi connectivity index (χ3n) is 1.88. The molecule has 0 aromatic rings. The maximum absolute atomic E-state index is 9.41. The molecule has 13 heavy (non-hydrogen) atoms. The van der Waals surface area contributed by atoms with Gasteiger partial charge >= 0.3 is 0 Å². The Labute approximate surface area is 81.0 Å². The molecule has 3 heteroatoms. The molecule has 0 radical (unpaired) electrons. The predicted octanol–water partition coefficient (Wildman–Crippen LogP) is 1.59. The molecule has 1 N–H and O–H groups in total. The maximum atomic E-state index is 9.41. The van der Waals surface area contributed by atoms with E-state index < -0.39 is 0 Å². The number of methoxy groups -OCH3 is 1. The molecule has 0 spiro atoms. The molecule has 1 unspecified atom stereocenters. The highest BCUT2D eigenvalue weighted by atomic mass is 16.5. The van der Waals surface area contributed by atoms with Crippen LogP contribution in [0.3, 0.4) is 0 Å². The van der Waals surface area contributed by atoms with E-state index in [-0.39, 0.29) is 6.10 Å². The van der Waals surface area contributed by atoms with E-state index in [0.29, 0.717) is 19.8 Å². The van der Waals surface area contributed by atoms with E-state index in [1.54, 1.807) is 7.11 Å². The Hall–Kier alpha value is -0.120. The van der Waals surface area contributed by atoms with E-state index in [4.69, 9.17) is 9.47 Å². The van der Waals surface area contributed by atoms with Crippen molar-refractivity contribution in [2.24, 2.45) is 0 Å². The molecular formula is C10H22O3. The van der Waals surface area contributed by atoms with Gasteiger partial charge in [0.25, 0.3) is 0 Å². The van der Waals surface area contributed by atoms with Crippen molar-refractivity contribution in [3.63, 3.8) is 0 Å². The van der Waals surface area contributed by atoms with Crippen molar-refractivity contribution in [2.75, 3.05) is 26.9 Å². The van der Waals surface area contributed by atoms with Gasteiger partial charge in [0.1, 0.15) is 0 Å². The minimum absolute atomic E-state index is 0.302. The van der Waals surface area contributed by atoms with Gasteiger partial charge in [0.2, 0.25) is 0 Å². The summed E-state index contributed by atoms with van der Waals surface area (Å²) in [6, 6.07) is 0. The zero-order valence-corrected chi connectivity index (χ0v) is 8.79. The van der Waals surface area contributed by atoms with Gasteiger partial charge in [0.15, 0.2) is 0 Å². The van der Waals surface area contributed by atoms with E-state index >= 15 is 0 Å². The summed E-state index contributed by atoms with van der Waals surface area (Å²) in [7, 11) is 1.64. The van der Waals surface area contributed by atoms with Crippen LogP contribution in [-0.2, 0) is 9.47 Å². The molecule has 80 valence electrons. The molecule has 0 saturated heterocycles. The van der Waals surface area contributed by atoms with Gasteiger partial charge in [-0.2, -0.15) is 0 Å². The third-order valence-corrected chi connectivity index (χ3v) is 1.88. The van der Waals surface area contributed by atoms with E-state index in [2.05, 4.69) is 6.92 Å². The van der Waals surface area contributed by atoms with Crippen LogP contribution in [0, 0.1) is 0 Å². The molecule has 0 saturated carbocycles. The Balaban J connectivity index is 3.05. The first kappa shape index (κ1) is 12.9. The Morgan fingerprint density at radius 3 is 2.62 bits per heavy atom. The van der Waals surface area contributed by atoms with Crippen LogP contribution in [-0.4, -0.2) is 38.1 Å². The van der Waals surface area contributed by atoms with Crippen molar-refractivity contribution < 1.29 is 14.6 Å². The molecule has 0 aromatic heterocycles. The zero-order valence-electron chi connectivity index (χ0n) is 8.79. The van der Waals surface area contributed by atoms with E-state index in [0.717, 1.165) is 12.8 Å². The molecule has 0 rings (SSSR count). The average molecular weight is 190 g/mol. The lowest BCUT2D eigenvalue weighted by Crippen LogP contribution is -2.16. The summed E-state index contributed by atoms with van der Waals surface area (Å²) in [6.07, 6.45) is 4.02. The summed E-state index contributed by atoms with van der Waals surface area (Å²) in [6.45, 7) is 3.76. The smallest absolute Gasteiger partial charge is 0.0773 e. The van der Waals surface area contributed by atoms with Crippen LogP contribution >= 0.6 is 0 Å². The van der Waals surface area contributed by atoms with Gasteiger partial charge in [-0.3, -0.25) is 0 Å². The van der Waals surface area contributed by atoms with E-state index in [1.807, 2.05) is 0 Å². The lowest BCUT2D eigenvalue weighted by Gasteiger charge is -2.10. The first-order valence-corrected chi connectivity index (χ1v) is 5.06. The normalized spacial score (nSPS) is 13.2. The number of hydrogen-bond acceptors (Lipinski definition) is 3. The second-order valence-corrected chi connectivity index (χ2v) is 3.22. The fourth-order valence-corrected chi connectivity index (χ4v) is 1.07. The quantitative estimate of drug-likeness (QED) is 0.561. The number of aliphatic hydroxyl groups excluding tert-OH is 1. The van der Waals surface area contributed by atoms with Crippen LogP contribution in [0.15, 0.2) is 0 Å². The third kappa shape index (κ3) is 9.80. The Morgan fingerprint density at radius 1 is 1.23 bits per heavy atom. The minimum Gasteiger partial charge on any atom is -0.391 e. The Kier molecular flexibility index (Phi) is 9.87. The van der Waals surface area contributed by atoms with Crippen LogP contribution in [0.25, 0.3) is 0 Å². The van der Waals surface area contributed by atoms with Gasteiger partial charge in [-0.1, -0.05) is 26.2 Å². The summed E-state index contributed by atoms with van der Waals surface area (Å²) in [5.41, 5.74) is 0. The summed E-state index contributed by atoms with van der Waals surface area (Å²) >= 11 is 0. The predicted molar refractivity (Wildman–Crippen MR) is 52.8 cm³/mol. The van der Waals surface area contributed by atoms with E-state index in [1.165, 1.54) is 12.8 Å². The van der Waals surface area contributed by atoms with Crippen LogP contribution in [0.5, 0.6) is 0 Å². The fraction of sp³-hybridized carbons (Fsp3) is 1.00. The number of hydrogen-bond donors (Lipinski definition) is 1. The highest BCUT2D eigenvalue weighted by molar-refractivity contribution is 4.53. The number of ether oxygens (including phenoxy) is 2. The molecule has 0 fully saturated rings. The van der Waals surface area contributed by atoms with Crippen molar-refractivity contribution in [3.05, 3.63) is 0 Å². The van der Waals surface area contributed by atoms with Crippen molar-refractivity contribution in [2.45, 2.75) is 38.7 Å².